The third-order valence-electron chi connectivity index (χ3n) is 2.86. The molecule has 18 heavy (non-hydrogen) atoms. The Hall–Kier alpha value is -2.00. The molecule has 0 saturated heterocycles. The van der Waals surface area contributed by atoms with E-state index in [1.807, 2.05) is 36.4 Å². The van der Waals surface area contributed by atoms with Crippen LogP contribution in [-0.2, 0) is 6.42 Å². The number of aromatic hydroxyl groups is 1. The molecular weight excluding hydrogens is 228 g/mol. The van der Waals surface area contributed by atoms with E-state index < -0.39 is 0 Å². The fourth-order valence-electron chi connectivity index (χ4n) is 1.87. The molecule has 0 amide bonds. The highest BCUT2D eigenvalue weighted by Crippen LogP contribution is 2.31. The number of methoxy groups -OCH3 is 1. The van der Waals surface area contributed by atoms with Gasteiger partial charge >= 0.3 is 0 Å². The fraction of sp³-hybridized carbons (Fsp3) is 0.200. The zero-order chi connectivity index (χ0) is 13.0. The van der Waals surface area contributed by atoms with Crippen molar-refractivity contribution in [1.82, 2.24) is 0 Å². The Morgan fingerprint density at radius 3 is 2.39 bits per heavy atom. The van der Waals surface area contributed by atoms with Crippen LogP contribution in [0.5, 0.6) is 11.5 Å². The van der Waals surface area contributed by atoms with Crippen molar-refractivity contribution >= 4 is 0 Å². The van der Waals surface area contributed by atoms with Crippen molar-refractivity contribution in [1.29, 1.82) is 0 Å². The minimum Gasteiger partial charge on any atom is -0.507 e. The first-order chi connectivity index (χ1) is 8.74. The molecule has 0 spiro atoms. The number of ether oxygens (including phenoxy) is 1. The topological polar surface area (TPSA) is 49.7 Å². The summed E-state index contributed by atoms with van der Waals surface area (Å²) in [5.41, 5.74) is 2.69. The molecule has 0 fully saturated rings. The maximum atomic E-state index is 9.89. The molecular formula is C15H16O3. The first-order valence-electron chi connectivity index (χ1n) is 5.82. The van der Waals surface area contributed by atoms with Crippen molar-refractivity contribution in [3.63, 3.8) is 0 Å². The molecule has 3 heteroatoms. The van der Waals surface area contributed by atoms with Crippen LogP contribution in [0.2, 0.25) is 0 Å². The molecule has 0 bridgehead atoms. The van der Waals surface area contributed by atoms with Gasteiger partial charge in [0.25, 0.3) is 0 Å². The predicted octanol–water partition coefficient (Wildman–Crippen LogP) is 2.60. The van der Waals surface area contributed by atoms with Crippen molar-refractivity contribution in [3.8, 4) is 22.6 Å². The van der Waals surface area contributed by atoms with Gasteiger partial charge in [0, 0.05) is 12.2 Å². The molecule has 0 aliphatic rings. The van der Waals surface area contributed by atoms with Crippen LogP contribution in [0.15, 0.2) is 42.5 Å². The summed E-state index contributed by atoms with van der Waals surface area (Å²) < 4.78 is 5.10. The van der Waals surface area contributed by atoms with E-state index in [2.05, 4.69) is 0 Å². The van der Waals surface area contributed by atoms with Crippen LogP contribution in [-0.4, -0.2) is 23.9 Å². The summed E-state index contributed by atoms with van der Waals surface area (Å²) >= 11 is 0. The lowest BCUT2D eigenvalue weighted by Crippen LogP contribution is -1.91. The van der Waals surface area contributed by atoms with E-state index in [9.17, 15) is 5.11 Å². The van der Waals surface area contributed by atoms with Crippen molar-refractivity contribution in [2.24, 2.45) is 0 Å². The number of aliphatic hydroxyl groups is 1. The van der Waals surface area contributed by atoms with Crippen LogP contribution in [0.3, 0.4) is 0 Å². The van der Waals surface area contributed by atoms with Gasteiger partial charge in [0.15, 0.2) is 0 Å². The second-order valence-electron chi connectivity index (χ2n) is 4.05. The largest absolute Gasteiger partial charge is 0.507 e. The number of hydrogen-bond acceptors (Lipinski definition) is 3. The molecule has 0 aliphatic heterocycles. The van der Waals surface area contributed by atoms with Crippen LogP contribution >= 0.6 is 0 Å². The van der Waals surface area contributed by atoms with Gasteiger partial charge in [0.05, 0.1) is 7.11 Å². The van der Waals surface area contributed by atoms with Gasteiger partial charge < -0.3 is 14.9 Å². The molecule has 2 N–H and O–H groups in total. The first-order valence-corrected chi connectivity index (χ1v) is 5.82. The lowest BCUT2D eigenvalue weighted by atomic mass is 10.0. The van der Waals surface area contributed by atoms with Crippen molar-refractivity contribution in [3.05, 3.63) is 48.0 Å². The van der Waals surface area contributed by atoms with E-state index >= 15 is 0 Å². The molecule has 0 atom stereocenters. The Bertz CT molecular complexity index is 518. The number of phenols is 1. The lowest BCUT2D eigenvalue weighted by molar-refractivity contribution is 0.299. The quantitative estimate of drug-likeness (QED) is 0.869. The van der Waals surface area contributed by atoms with E-state index in [-0.39, 0.29) is 12.4 Å². The molecule has 0 saturated carbocycles. The summed E-state index contributed by atoms with van der Waals surface area (Å²) in [6, 6.07) is 12.9. The predicted molar refractivity (Wildman–Crippen MR) is 70.9 cm³/mol. The van der Waals surface area contributed by atoms with Gasteiger partial charge in [-0.25, -0.2) is 0 Å². The average molecular weight is 244 g/mol. The van der Waals surface area contributed by atoms with Gasteiger partial charge in [-0.05, 0) is 41.8 Å². The third-order valence-corrected chi connectivity index (χ3v) is 2.86. The molecule has 0 aliphatic carbocycles. The van der Waals surface area contributed by atoms with Crippen LogP contribution in [0, 0.1) is 0 Å². The minimum atomic E-state index is 0.104. The number of aliphatic hydroxyl groups excluding tert-OH is 1. The summed E-state index contributed by atoms with van der Waals surface area (Å²) in [7, 11) is 1.62. The molecule has 0 aromatic heterocycles. The number of benzene rings is 2. The van der Waals surface area contributed by atoms with Gasteiger partial charge in [0.2, 0.25) is 0 Å². The smallest absolute Gasteiger partial charge is 0.123 e. The van der Waals surface area contributed by atoms with Gasteiger partial charge in [-0.2, -0.15) is 0 Å². The zero-order valence-corrected chi connectivity index (χ0v) is 10.3. The van der Waals surface area contributed by atoms with Gasteiger partial charge in [-0.15, -0.1) is 0 Å². The highest BCUT2D eigenvalue weighted by Gasteiger charge is 2.05. The molecule has 0 radical (unpaired) electrons. The summed E-state index contributed by atoms with van der Waals surface area (Å²) in [5, 5.41) is 18.8. The number of phenolic OH excluding ortho intramolecular Hbond substituents is 1. The second kappa shape index (κ2) is 5.56. The Morgan fingerprint density at radius 2 is 1.78 bits per heavy atom. The van der Waals surface area contributed by atoms with Crippen LogP contribution in [0.4, 0.5) is 0 Å². The first kappa shape index (κ1) is 12.5. The Kier molecular flexibility index (Phi) is 3.85. The zero-order valence-electron chi connectivity index (χ0n) is 10.3. The molecule has 0 heterocycles. The lowest BCUT2D eigenvalue weighted by Gasteiger charge is -2.08. The third kappa shape index (κ3) is 2.63. The highest BCUT2D eigenvalue weighted by atomic mass is 16.5. The molecule has 3 nitrogen and oxygen atoms in total. The van der Waals surface area contributed by atoms with Gasteiger partial charge in [-0.1, -0.05) is 18.2 Å². The number of rotatable bonds is 4. The van der Waals surface area contributed by atoms with Crippen LogP contribution in [0.1, 0.15) is 5.56 Å². The van der Waals surface area contributed by atoms with E-state index in [0.29, 0.717) is 6.42 Å². The minimum absolute atomic E-state index is 0.104. The molecule has 2 aromatic rings. The van der Waals surface area contributed by atoms with Gasteiger partial charge in [-0.3, -0.25) is 0 Å². The van der Waals surface area contributed by atoms with Crippen molar-refractivity contribution < 1.29 is 14.9 Å². The Balaban J connectivity index is 2.38. The van der Waals surface area contributed by atoms with Crippen LogP contribution < -0.4 is 4.74 Å². The highest BCUT2D eigenvalue weighted by molar-refractivity contribution is 5.71. The summed E-state index contributed by atoms with van der Waals surface area (Å²) in [4.78, 5) is 0. The second-order valence-corrected chi connectivity index (χ2v) is 4.05. The normalized spacial score (nSPS) is 10.3. The Morgan fingerprint density at radius 1 is 1.06 bits per heavy atom. The van der Waals surface area contributed by atoms with Crippen LogP contribution in [0.25, 0.3) is 11.1 Å². The molecule has 0 unspecified atom stereocenters. The Labute approximate surface area is 106 Å². The fourth-order valence-corrected chi connectivity index (χ4v) is 1.87. The molecule has 2 aromatic carbocycles. The summed E-state index contributed by atoms with van der Waals surface area (Å²) in [6.45, 7) is 0.104. The van der Waals surface area contributed by atoms with E-state index in [4.69, 9.17) is 9.84 Å². The van der Waals surface area contributed by atoms with E-state index in [1.165, 1.54) is 0 Å². The maximum absolute atomic E-state index is 9.89. The van der Waals surface area contributed by atoms with E-state index in [0.717, 1.165) is 22.4 Å². The van der Waals surface area contributed by atoms with Gasteiger partial charge in [0.1, 0.15) is 11.5 Å². The number of hydrogen-bond donors (Lipinski definition) is 2. The standard InChI is InChI=1S/C15H16O3/c1-18-13-5-3-12(4-6-13)14-10-11(8-9-16)2-7-15(14)17/h2-7,10,16-17H,8-9H2,1H3. The summed E-state index contributed by atoms with van der Waals surface area (Å²) in [5.74, 6) is 1.02. The average Bonchev–Trinajstić information content (AvgIpc) is 2.41. The van der Waals surface area contributed by atoms with E-state index in [1.54, 1.807) is 13.2 Å². The molecule has 94 valence electrons. The summed E-state index contributed by atoms with van der Waals surface area (Å²) in [6.07, 6.45) is 0.587. The van der Waals surface area contributed by atoms with Crippen molar-refractivity contribution in [2.45, 2.75) is 6.42 Å². The SMILES string of the molecule is COc1ccc(-c2cc(CCO)ccc2O)cc1. The molecule has 2 rings (SSSR count). The van der Waals surface area contributed by atoms with Crippen molar-refractivity contribution in [2.75, 3.05) is 13.7 Å². The monoisotopic (exact) mass is 244 g/mol. The maximum Gasteiger partial charge on any atom is 0.123 e.